The zero-order valence-electron chi connectivity index (χ0n) is 17.2. The number of hydrogen-bond donors (Lipinski definition) is 1. The zero-order chi connectivity index (χ0) is 24.2. The highest BCUT2D eigenvalue weighted by atomic mass is 35.5. The fourth-order valence-corrected chi connectivity index (χ4v) is 4.18. The Morgan fingerprint density at radius 1 is 1.24 bits per heavy atom. The van der Waals surface area contributed by atoms with E-state index in [4.69, 9.17) is 16.3 Å². The summed E-state index contributed by atoms with van der Waals surface area (Å²) in [6.07, 6.45) is 2.21. The summed E-state index contributed by atoms with van der Waals surface area (Å²) in [6.45, 7) is 1.85. The third-order valence-electron chi connectivity index (χ3n) is 4.05. The highest BCUT2D eigenvalue weighted by Gasteiger charge is 2.18. The Bertz CT molecular complexity index is 1420. The lowest BCUT2D eigenvalue weighted by atomic mass is 10.1. The number of carbonyl (C=O) groups is 2. The lowest BCUT2D eigenvalue weighted by Crippen LogP contribution is -2.13. The lowest BCUT2D eigenvalue weighted by molar-refractivity contribution is -0.112. The first-order valence-electron chi connectivity index (χ1n) is 9.12. The van der Waals surface area contributed by atoms with E-state index in [0.29, 0.717) is 22.7 Å². The van der Waals surface area contributed by atoms with E-state index < -0.39 is 26.9 Å². The van der Waals surface area contributed by atoms with E-state index in [1.54, 1.807) is 24.3 Å². The summed E-state index contributed by atoms with van der Waals surface area (Å²) in [6, 6.07) is 13.0. The van der Waals surface area contributed by atoms with Gasteiger partial charge in [-0.05, 0) is 42.8 Å². The number of ether oxygens (including phenoxy) is 1. The molecular formula is C21H15ClN4O5S2. The molecule has 9 nitrogen and oxygen atoms in total. The van der Waals surface area contributed by atoms with Crippen molar-refractivity contribution in [3.63, 3.8) is 0 Å². The van der Waals surface area contributed by atoms with Gasteiger partial charge in [0.2, 0.25) is 15.0 Å². The van der Waals surface area contributed by atoms with Crippen LogP contribution in [0, 0.1) is 18.3 Å². The monoisotopic (exact) mass is 502 g/mol. The Kier molecular flexibility index (Phi) is 7.23. The highest BCUT2D eigenvalue weighted by molar-refractivity contribution is 7.90. The number of nitrogens with zero attached hydrogens (tertiary/aromatic N) is 3. The molecule has 0 bridgehead atoms. The molecule has 3 aromatic rings. The van der Waals surface area contributed by atoms with Gasteiger partial charge in [-0.1, -0.05) is 35.4 Å². The van der Waals surface area contributed by atoms with E-state index in [1.807, 2.05) is 13.0 Å². The third-order valence-corrected chi connectivity index (χ3v) is 5.94. The predicted octanol–water partition coefficient (Wildman–Crippen LogP) is 3.67. The van der Waals surface area contributed by atoms with Crippen LogP contribution >= 0.6 is 23.1 Å². The Morgan fingerprint density at radius 3 is 2.61 bits per heavy atom. The van der Waals surface area contributed by atoms with E-state index in [-0.39, 0.29) is 21.5 Å². The molecule has 0 saturated heterocycles. The summed E-state index contributed by atoms with van der Waals surface area (Å²) in [5, 5.41) is 11.3. The van der Waals surface area contributed by atoms with Crippen LogP contribution in [0.1, 0.15) is 21.5 Å². The van der Waals surface area contributed by atoms with Gasteiger partial charge in [0, 0.05) is 17.8 Å². The van der Waals surface area contributed by atoms with Gasteiger partial charge in [0.1, 0.15) is 17.4 Å². The second-order valence-corrected chi connectivity index (χ2v) is 9.80. The maximum Gasteiger partial charge on any atom is 0.343 e. The summed E-state index contributed by atoms with van der Waals surface area (Å²) in [4.78, 5) is 28.4. The number of aromatic nitrogens is 2. The maximum absolute atomic E-state index is 12.4. The number of nitriles is 1. The van der Waals surface area contributed by atoms with Gasteiger partial charge in [-0.3, -0.25) is 10.1 Å². The van der Waals surface area contributed by atoms with Crippen LogP contribution in [0.25, 0.3) is 6.08 Å². The van der Waals surface area contributed by atoms with Gasteiger partial charge in [0.25, 0.3) is 11.1 Å². The molecule has 0 unspecified atom stereocenters. The maximum atomic E-state index is 12.4. The topological polar surface area (TPSA) is 139 Å². The standard InChI is InChI=1S/C21H15ClN4O5S2/c1-12-4-3-5-14(8-12)19(28)31-17-7-6-13(10-16(17)22)9-15(11-23)18(27)24-20-25-21(26-32-20)33(2,29)30/h3-10H,1-2H3,(H,24,25,26,27). The average molecular weight is 503 g/mol. The van der Waals surface area contributed by atoms with Crippen molar-refractivity contribution in [2.45, 2.75) is 12.1 Å². The minimum atomic E-state index is -3.62. The molecule has 0 spiro atoms. The van der Waals surface area contributed by atoms with Crippen LogP contribution in [-0.2, 0) is 14.6 Å². The lowest BCUT2D eigenvalue weighted by Gasteiger charge is -2.08. The largest absolute Gasteiger partial charge is 0.421 e. The SMILES string of the molecule is Cc1cccc(C(=O)Oc2ccc(C=C(C#N)C(=O)Nc3nc(S(C)(=O)=O)ns3)cc2Cl)c1. The van der Waals surface area contributed by atoms with Gasteiger partial charge in [-0.2, -0.15) is 14.6 Å². The van der Waals surface area contributed by atoms with E-state index in [0.717, 1.165) is 11.8 Å². The molecule has 0 atom stereocenters. The number of nitrogens with one attached hydrogen (secondary N) is 1. The van der Waals surface area contributed by atoms with Crippen LogP contribution < -0.4 is 10.1 Å². The molecule has 1 N–H and O–H groups in total. The molecule has 0 saturated carbocycles. The summed E-state index contributed by atoms with van der Waals surface area (Å²) < 4.78 is 31.9. The summed E-state index contributed by atoms with van der Waals surface area (Å²) in [5.74, 6) is -1.27. The van der Waals surface area contributed by atoms with Crippen molar-refractivity contribution in [1.82, 2.24) is 9.36 Å². The molecule has 1 amide bonds. The number of carbonyl (C=O) groups excluding carboxylic acids is 2. The predicted molar refractivity (Wildman–Crippen MR) is 123 cm³/mol. The van der Waals surface area contributed by atoms with E-state index >= 15 is 0 Å². The van der Waals surface area contributed by atoms with Gasteiger partial charge in [0.05, 0.1) is 10.6 Å². The van der Waals surface area contributed by atoms with Crippen molar-refractivity contribution < 1.29 is 22.7 Å². The minimum absolute atomic E-state index is 0.0713. The minimum Gasteiger partial charge on any atom is -0.421 e. The molecule has 0 aliphatic carbocycles. The van der Waals surface area contributed by atoms with Crippen molar-refractivity contribution >= 4 is 56.1 Å². The second-order valence-electron chi connectivity index (χ2n) is 6.73. The van der Waals surface area contributed by atoms with E-state index in [1.165, 1.54) is 24.3 Å². The van der Waals surface area contributed by atoms with Crippen molar-refractivity contribution in [2.75, 3.05) is 11.6 Å². The van der Waals surface area contributed by atoms with Crippen molar-refractivity contribution in [1.29, 1.82) is 5.26 Å². The molecule has 0 fully saturated rings. The molecular weight excluding hydrogens is 488 g/mol. The van der Waals surface area contributed by atoms with Crippen molar-refractivity contribution in [3.8, 4) is 11.8 Å². The van der Waals surface area contributed by atoms with Crippen LogP contribution in [0.3, 0.4) is 0 Å². The Labute approximate surface area is 198 Å². The first-order valence-corrected chi connectivity index (χ1v) is 12.2. The first-order chi connectivity index (χ1) is 15.6. The Hall–Kier alpha value is -3.59. The second kappa shape index (κ2) is 9.91. The average Bonchev–Trinajstić information content (AvgIpc) is 3.22. The van der Waals surface area contributed by atoms with Gasteiger partial charge in [-0.25, -0.2) is 13.2 Å². The number of sulfone groups is 1. The number of hydrogen-bond acceptors (Lipinski definition) is 9. The molecule has 33 heavy (non-hydrogen) atoms. The fraction of sp³-hybridized carbons (Fsp3) is 0.0952. The van der Waals surface area contributed by atoms with Crippen LogP contribution in [0.4, 0.5) is 5.13 Å². The number of amides is 1. The number of esters is 1. The van der Waals surface area contributed by atoms with Crippen LogP contribution in [0.15, 0.2) is 53.2 Å². The summed E-state index contributed by atoms with van der Waals surface area (Å²) in [7, 11) is -3.62. The normalized spacial score (nSPS) is 11.5. The summed E-state index contributed by atoms with van der Waals surface area (Å²) >= 11 is 6.88. The number of anilines is 1. The molecule has 0 aliphatic rings. The van der Waals surface area contributed by atoms with E-state index in [9.17, 15) is 23.3 Å². The van der Waals surface area contributed by atoms with E-state index in [2.05, 4.69) is 14.7 Å². The van der Waals surface area contributed by atoms with Crippen LogP contribution in [-0.4, -0.2) is 35.9 Å². The molecule has 0 radical (unpaired) electrons. The highest BCUT2D eigenvalue weighted by Crippen LogP contribution is 2.27. The number of aryl methyl sites for hydroxylation is 1. The molecule has 2 aromatic carbocycles. The zero-order valence-corrected chi connectivity index (χ0v) is 19.6. The van der Waals surface area contributed by atoms with Gasteiger partial charge in [0.15, 0.2) is 0 Å². The van der Waals surface area contributed by atoms with Crippen molar-refractivity contribution in [2.24, 2.45) is 0 Å². The van der Waals surface area contributed by atoms with Gasteiger partial charge in [-0.15, -0.1) is 0 Å². The molecule has 1 heterocycles. The fourth-order valence-electron chi connectivity index (χ4n) is 2.51. The number of halogens is 1. The first kappa shape index (κ1) is 24.1. The number of benzene rings is 2. The molecule has 168 valence electrons. The van der Waals surface area contributed by atoms with Crippen molar-refractivity contribution in [3.05, 3.63) is 69.8 Å². The third kappa shape index (κ3) is 6.23. The smallest absolute Gasteiger partial charge is 0.343 e. The number of rotatable bonds is 6. The Balaban J connectivity index is 1.75. The Morgan fingerprint density at radius 2 is 2.00 bits per heavy atom. The molecule has 12 heteroatoms. The van der Waals surface area contributed by atoms with Crippen LogP contribution in [0.2, 0.25) is 5.02 Å². The van der Waals surface area contributed by atoms with Crippen LogP contribution in [0.5, 0.6) is 5.75 Å². The van der Waals surface area contributed by atoms with Gasteiger partial charge < -0.3 is 4.74 Å². The molecule has 3 rings (SSSR count). The summed E-state index contributed by atoms with van der Waals surface area (Å²) in [5.41, 5.74) is 1.39. The molecule has 0 aliphatic heterocycles. The quantitative estimate of drug-likeness (QED) is 0.233. The van der Waals surface area contributed by atoms with Gasteiger partial charge >= 0.3 is 5.97 Å². The molecule has 1 aromatic heterocycles.